The lowest BCUT2D eigenvalue weighted by molar-refractivity contribution is -0.686. The second-order valence-electron chi connectivity index (χ2n) is 6.44. The van der Waals surface area contributed by atoms with E-state index in [1.165, 1.54) is 22.4 Å². The Labute approximate surface area is 139 Å². The van der Waals surface area contributed by atoms with Crippen LogP contribution >= 0.6 is 0 Å². The van der Waals surface area contributed by atoms with E-state index in [-0.39, 0.29) is 5.75 Å². The summed E-state index contributed by atoms with van der Waals surface area (Å²) >= 11 is 0. The maximum absolute atomic E-state index is 10.4. The van der Waals surface area contributed by atoms with Gasteiger partial charge >= 0.3 is 0 Å². The minimum Gasteiger partial charge on any atom is -0.504 e. The lowest BCUT2D eigenvalue weighted by Gasteiger charge is -2.17. The number of fused-ring (bicyclic) bond motifs is 5. The van der Waals surface area contributed by atoms with Gasteiger partial charge in [-0.15, -0.1) is 0 Å². The van der Waals surface area contributed by atoms with Gasteiger partial charge in [0.1, 0.15) is 5.75 Å². The van der Waals surface area contributed by atoms with Crippen LogP contribution in [0.2, 0.25) is 0 Å². The average Bonchev–Trinajstić information content (AvgIpc) is 3.06. The summed E-state index contributed by atoms with van der Waals surface area (Å²) in [4.78, 5) is 0. The number of aryl methyl sites for hydroxylation is 2. The topological polar surface area (TPSA) is 42.6 Å². The highest BCUT2D eigenvalue weighted by Crippen LogP contribution is 2.38. The Morgan fingerprint density at radius 2 is 2.04 bits per heavy atom. The van der Waals surface area contributed by atoms with Crippen molar-refractivity contribution in [3.05, 3.63) is 47.7 Å². The minimum absolute atomic E-state index is 0.202. The Hall–Kier alpha value is -2.75. The van der Waals surface area contributed by atoms with E-state index < -0.39 is 0 Å². The molecule has 0 spiro atoms. The van der Waals surface area contributed by atoms with Gasteiger partial charge in [0.05, 0.1) is 24.7 Å². The van der Waals surface area contributed by atoms with Crippen molar-refractivity contribution in [3.63, 3.8) is 0 Å². The van der Waals surface area contributed by atoms with Crippen molar-refractivity contribution >= 4 is 10.8 Å². The van der Waals surface area contributed by atoms with E-state index >= 15 is 0 Å². The number of pyridine rings is 1. The third-order valence-corrected chi connectivity index (χ3v) is 5.13. The zero-order valence-corrected chi connectivity index (χ0v) is 13.5. The molecule has 24 heavy (non-hydrogen) atoms. The van der Waals surface area contributed by atoms with Crippen LogP contribution in [0.5, 0.6) is 17.2 Å². The first-order valence-corrected chi connectivity index (χ1v) is 8.27. The quantitative estimate of drug-likeness (QED) is 0.701. The summed E-state index contributed by atoms with van der Waals surface area (Å²) in [6, 6.07) is 10.4. The number of hydrogen-bond donors (Lipinski definition) is 1. The third-order valence-electron chi connectivity index (χ3n) is 5.13. The van der Waals surface area contributed by atoms with Crippen molar-refractivity contribution < 1.29 is 19.1 Å². The summed E-state index contributed by atoms with van der Waals surface area (Å²) in [6.45, 7) is 1.69. The summed E-state index contributed by atoms with van der Waals surface area (Å²) in [5, 5.41) is 12.2. The van der Waals surface area contributed by atoms with Crippen molar-refractivity contribution in [1.29, 1.82) is 0 Å². The summed E-state index contributed by atoms with van der Waals surface area (Å²) in [5.74, 6) is 1.72. The highest BCUT2D eigenvalue weighted by molar-refractivity contribution is 5.91. The molecule has 0 aliphatic carbocycles. The molecular formula is C20H18NO3+. The van der Waals surface area contributed by atoms with Crippen molar-refractivity contribution in [2.75, 3.05) is 13.7 Å². The van der Waals surface area contributed by atoms with Gasteiger partial charge < -0.3 is 14.6 Å². The molecule has 2 aromatic carbocycles. The number of methoxy groups -OCH3 is 1. The van der Waals surface area contributed by atoms with E-state index in [0.717, 1.165) is 42.5 Å². The van der Waals surface area contributed by atoms with Crippen LogP contribution in [0.3, 0.4) is 0 Å². The number of phenolic OH excluding ortho intramolecular Hbond substituents is 1. The molecular weight excluding hydrogens is 302 g/mol. The number of hydrogen-bond acceptors (Lipinski definition) is 3. The monoisotopic (exact) mass is 320 g/mol. The van der Waals surface area contributed by atoms with E-state index in [1.807, 2.05) is 18.3 Å². The van der Waals surface area contributed by atoms with E-state index in [4.69, 9.17) is 9.47 Å². The molecule has 0 saturated heterocycles. The number of aromatic hydroxyl groups is 1. The van der Waals surface area contributed by atoms with Crippen LogP contribution in [0.15, 0.2) is 36.5 Å². The van der Waals surface area contributed by atoms with Crippen molar-refractivity contribution in [1.82, 2.24) is 0 Å². The highest BCUT2D eigenvalue weighted by Gasteiger charge is 2.27. The molecule has 5 rings (SSSR count). The van der Waals surface area contributed by atoms with Crippen LogP contribution < -0.4 is 14.0 Å². The van der Waals surface area contributed by atoms with Crippen molar-refractivity contribution in [2.24, 2.45) is 0 Å². The third kappa shape index (κ3) is 1.83. The average molecular weight is 320 g/mol. The van der Waals surface area contributed by atoms with Gasteiger partial charge in [0.25, 0.3) is 0 Å². The number of phenols is 1. The van der Waals surface area contributed by atoms with Gasteiger partial charge in [0.15, 0.2) is 24.2 Å². The van der Waals surface area contributed by atoms with Crippen LogP contribution in [0.1, 0.15) is 11.1 Å². The Balaban J connectivity index is 1.76. The van der Waals surface area contributed by atoms with Crippen LogP contribution in [-0.2, 0) is 19.4 Å². The van der Waals surface area contributed by atoms with Gasteiger partial charge in [0.2, 0.25) is 5.69 Å². The van der Waals surface area contributed by atoms with E-state index in [1.54, 1.807) is 7.11 Å². The predicted octanol–water partition coefficient (Wildman–Crippen LogP) is 3.00. The molecule has 2 aliphatic rings. The normalized spacial score (nSPS) is 14.7. The van der Waals surface area contributed by atoms with Gasteiger partial charge in [-0.05, 0) is 34.7 Å². The van der Waals surface area contributed by atoms with Crippen molar-refractivity contribution in [2.45, 2.75) is 19.4 Å². The fourth-order valence-electron chi connectivity index (χ4n) is 3.87. The molecule has 0 bridgehead atoms. The molecule has 2 aliphatic heterocycles. The zero-order chi connectivity index (χ0) is 16.3. The first kappa shape index (κ1) is 13.7. The summed E-state index contributed by atoms with van der Waals surface area (Å²) < 4.78 is 13.2. The SMILES string of the molecule is COc1ccc2cc3[n+](cc2c1O)CCc1cc2c(cc1-3)OCC2. The molecule has 3 heterocycles. The van der Waals surface area contributed by atoms with E-state index in [2.05, 4.69) is 22.8 Å². The predicted molar refractivity (Wildman–Crippen MR) is 90.7 cm³/mol. The fraction of sp³-hybridized carbons (Fsp3) is 0.250. The zero-order valence-electron chi connectivity index (χ0n) is 13.5. The molecule has 0 amide bonds. The lowest BCUT2D eigenvalue weighted by atomic mass is 9.93. The smallest absolute Gasteiger partial charge is 0.213 e. The summed E-state index contributed by atoms with van der Waals surface area (Å²) in [5.41, 5.74) is 5.12. The van der Waals surface area contributed by atoms with Crippen molar-refractivity contribution in [3.8, 4) is 28.5 Å². The minimum atomic E-state index is 0.202. The fourth-order valence-corrected chi connectivity index (χ4v) is 3.87. The van der Waals surface area contributed by atoms with Gasteiger partial charge in [0, 0.05) is 18.9 Å². The Kier molecular flexibility index (Phi) is 2.77. The Morgan fingerprint density at radius 3 is 2.92 bits per heavy atom. The molecule has 1 N–H and O–H groups in total. The molecule has 0 unspecified atom stereocenters. The molecule has 0 radical (unpaired) electrons. The number of benzene rings is 2. The number of nitrogens with zero attached hydrogens (tertiary/aromatic N) is 1. The van der Waals surface area contributed by atoms with E-state index in [9.17, 15) is 5.11 Å². The van der Waals surface area contributed by atoms with Gasteiger partial charge in [-0.2, -0.15) is 4.57 Å². The molecule has 0 atom stereocenters. The molecule has 0 saturated carbocycles. The maximum Gasteiger partial charge on any atom is 0.213 e. The molecule has 4 heteroatoms. The second-order valence-corrected chi connectivity index (χ2v) is 6.44. The molecule has 1 aromatic heterocycles. The maximum atomic E-state index is 10.4. The van der Waals surface area contributed by atoms with E-state index in [0.29, 0.717) is 5.75 Å². The largest absolute Gasteiger partial charge is 0.504 e. The van der Waals surface area contributed by atoms with Crippen LogP contribution in [0.25, 0.3) is 22.0 Å². The molecule has 4 nitrogen and oxygen atoms in total. The first-order chi connectivity index (χ1) is 11.7. The Morgan fingerprint density at radius 1 is 1.12 bits per heavy atom. The van der Waals surface area contributed by atoms with Crippen LogP contribution in [-0.4, -0.2) is 18.8 Å². The molecule has 3 aromatic rings. The molecule has 0 fully saturated rings. The van der Waals surface area contributed by atoms with Gasteiger partial charge in [-0.1, -0.05) is 6.07 Å². The summed E-state index contributed by atoms with van der Waals surface area (Å²) in [7, 11) is 1.57. The summed E-state index contributed by atoms with van der Waals surface area (Å²) in [6.07, 6.45) is 4.03. The first-order valence-electron chi connectivity index (χ1n) is 8.27. The highest BCUT2D eigenvalue weighted by atomic mass is 16.5. The standard InChI is InChI=1S/C20H17NO3/c1-23-18-3-2-12-9-17-15-10-19-14(5-7-24-19)8-13(15)4-6-21(17)11-16(12)20(18)22/h2-3,8-11H,4-7H2,1H3/p+1. The van der Waals surface area contributed by atoms with Gasteiger partial charge in [-0.3, -0.25) is 0 Å². The van der Waals surface area contributed by atoms with Crippen LogP contribution in [0, 0.1) is 0 Å². The van der Waals surface area contributed by atoms with Gasteiger partial charge in [-0.25, -0.2) is 0 Å². The Bertz CT molecular complexity index is 994. The van der Waals surface area contributed by atoms with Crippen LogP contribution in [0.4, 0.5) is 0 Å². The number of aromatic nitrogens is 1. The second kappa shape index (κ2) is 4.87. The molecule has 120 valence electrons. The number of ether oxygens (including phenoxy) is 2. The number of rotatable bonds is 1. The lowest BCUT2D eigenvalue weighted by Crippen LogP contribution is -2.40.